The molecule has 0 spiro atoms. The molecule has 1 aromatic rings. The van der Waals surface area contributed by atoms with Gasteiger partial charge < -0.3 is 14.8 Å². The number of esters is 1. The number of nitrogens with zero attached hydrogens (tertiary/aromatic N) is 1. The fraction of sp³-hybridized carbons (Fsp3) is 0.643. The quantitative estimate of drug-likeness (QED) is 0.664. The number of Topliss-reactive ketones (excluding diaryl/α,β-unsaturated/α-hetero) is 1. The number of ketones is 1. The molecular weight excluding hydrogens is 292 g/mol. The molecule has 0 saturated heterocycles. The first-order chi connectivity index (χ1) is 9.81. The van der Waals surface area contributed by atoms with Crippen molar-refractivity contribution in [3.05, 3.63) is 10.6 Å². The molecule has 1 saturated carbocycles. The van der Waals surface area contributed by atoms with Gasteiger partial charge in [-0.25, -0.2) is 9.78 Å². The highest BCUT2D eigenvalue weighted by molar-refractivity contribution is 7.17. The zero-order valence-electron chi connectivity index (χ0n) is 12.9. The molecule has 7 heteroatoms. The van der Waals surface area contributed by atoms with Crippen LogP contribution in [0.2, 0.25) is 0 Å². The minimum Gasteiger partial charge on any atom is -0.464 e. The van der Waals surface area contributed by atoms with Gasteiger partial charge in [0.2, 0.25) is 0 Å². The number of carbonyl (C=O) groups is 2. The van der Waals surface area contributed by atoms with Crippen LogP contribution in [0.15, 0.2) is 0 Å². The topological polar surface area (TPSA) is 77.5 Å². The standard InChI is InChI=1S/C14H20N2O4S/c1-7(17)11-10(12(18)20-5)16-13(21-11)15-8-6-9(19-4)14(8,2)3/h8-9H,6H2,1-5H3,(H,15,16). The molecule has 1 aromatic heterocycles. The molecule has 0 radical (unpaired) electrons. The molecule has 21 heavy (non-hydrogen) atoms. The Hall–Kier alpha value is -1.47. The van der Waals surface area contributed by atoms with Crippen LogP contribution < -0.4 is 5.32 Å². The fourth-order valence-corrected chi connectivity index (χ4v) is 3.44. The van der Waals surface area contributed by atoms with Gasteiger partial charge in [-0.1, -0.05) is 25.2 Å². The number of hydrogen-bond acceptors (Lipinski definition) is 7. The molecule has 1 aliphatic rings. The summed E-state index contributed by atoms with van der Waals surface area (Å²) in [6.07, 6.45) is 1.06. The van der Waals surface area contributed by atoms with E-state index in [2.05, 4.69) is 28.9 Å². The van der Waals surface area contributed by atoms with Gasteiger partial charge in [0.25, 0.3) is 0 Å². The number of aromatic nitrogens is 1. The van der Waals surface area contributed by atoms with Gasteiger partial charge in [-0.05, 0) is 6.42 Å². The van der Waals surface area contributed by atoms with E-state index in [1.807, 2.05) is 0 Å². The lowest BCUT2D eigenvalue weighted by Crippen LogP contribution is -2.57. The average Bonchev–Trinajstić information content (AvgIpc) is 2.86. The molecule has 116 valence electrons. The molecule has 1 aliphatic carbocycles. The van der Waals surface area contributed by atoms with Crippen LogP contribution in [-0.4, -0.2) is 43.1 Å². The van der Waals surface area contributed by atoms with Crippen molar-refractivity contribution >= 4 is 28.2 Å². The van der Waals surface area contributed by atoms with Crippen molar-refractivity contribution < 1.29 is 19.1 Å². The van der Waals surface area contributed by atoms with Crippen molar-refractivity contribution in [3.8, 4) is 0 Å². The second kappa shape index (κ2) is 5.73. The summed E-state index contributed by atoms with van der Waals surface area (Å²) >= 11 is 1.19. The average molecular weight is 312 g/mol. The number of ether oxygens (including phenoxy) is 2. The highest BCUT2D eigenvalue weighted by Gasteiger charge is 2.49. The van der Waals surface area contributed by atoms with Crippen molar-refractivity contribution in [2.24, 2.45) is 5.41 Å². The molecule has 2 rings (SSSR count). The summed E-state index contributed by atoms with van der Waals surface area (Å²) in [5, 5.41) is 3.86. The summed E-state index contributed by atoms with van der Waals surface area (Å²) in [5.41, 5.74) is 0.0558. The summed E-state index contributed by atoms with van der Waals surface area (Å²) < 4.78 is 10.1. The SMILES string of the molecule is COC(=O)c1nc(NC2CC(OC)C2(C)C)sc1C(C)=O. The summed E-state index contributed by atoms with van der Waals surface area (Å²) in [7, 11) is 2.98. The lowest BCUT2D eigenvalue weighted by atomic mass is 9.64. The second-order valence-electron chi connectivity index (χ2n) is 5.72. The maximum absolute atomic E-state index is 11.7. The van der Waals surface area contributed by atoms with E-state index in [0.717, 1.165) is 6.42 Å². The molecule has 1 heterocycles. The van der Waals surface area contributed by atoms with E-state index in [0.29, 0.717) is 10.0 Å². The van der Waals surface area contributed by atoms with E-state index in [1.54, 1.807) is 7.11 Å². The number of carbonyl (C=O) groups excluding carboxylic acids is 2. The Morgan fingerprint density at radius 1 is 1.38 bits per heavy atom. The Labute approximate surface area is 127 Å². The maximum Gasteiger partial charge on any atom is 0.358 e. The first kappa shape index (κ1) is 15.9. The van der Waals surface area contributed by atoms with Crippen molar-refractivity contribution in [1.82, 2.24) is 4.98 Å². The van der Waals surface area contributed by atoms with Crippen molar-refractivity contribution in [1.29, 1.82) is 0 Å². The smallest absolute Gasteiger partial charge is 0.358 e. The van der Waals surface area contributed by atoms with Gasteiger partial charge >= 0.3 is 5.97 Å². The normalized spacial score (nSPS) is 23.3. The number of hydrogen-bond donors (Lipinski definition) is 1. The van der Waals surface area contributed by atoms with E-state index in [9.17, 15) is 9.59 Å². The van der Waals surface area contributed by atoms with Crippen LogP contribution in [0.25, 0.3) is 0 Å². The molecule has 0 amide bonds. The van der Waals surface area contributed by atoms with Gasteiger partial charge in [0.15, 0.2) is 16.6 Å². The summed E-state index contributed by atoms with van der Waals surface area (Å²) in [5.74, 6) is -0.782. The van der Waals surface area contributed by atoms with Crippen molar-refractivity contribution in [2.45, 2.75) is 39.3 Å². The maximum atomic E-state index is 11.7. The largest absolute Gasteiger partial charge is 0.464 e. The third kappa shape index (κ3) is 2.80. The molecule has 0 aliphatic heterocycles. The minimum atomic E-state index is -0.591. The predicted molar refractivity (Wildman–Crippen MR) is 80.1 cm³/mol. The Balaban J connectivity index is 2.19. The van der Waals surface area contributed by atoms with Crippen molar-refractivity contribution in [3.63, 3.8) is 0 Å². The first-order valence-electron chi connectivity index (χ1n) is 6.70. The van der Waals surface area contributed by atoms with Gasteiger partial charge in [0, 0.05) is 25.5 Å². The number of methoxy groups -OCH3 is 2. The lowest BCUT2D eigenvalue weighted by Gasteiger charge is -2.51. The Morgan fingerprint density at radius 2 is 2.05 bits per heavy atom. The highest BCUT2D eigenvalue weighted by atomic mass is 32.1. The molecule has 1 fully saturated rings. The molecule has 2 unspecified atom stereocenters. The zero-order valence-corrected chi connectivity index (χ0v) is 13.7. The van der Waals surface area contributed by atoms with E-state index in [4.69, 9.17) is 4.74 Å². The van der Waals surface area contributed by atoms with Crippen LogP contribution in [0.1, 0.15) is 47.4 Å². The van der Waals surface area contributed by atoms with Crippen LogP contribution in [0.4, 0.5) is 5.13 Å². The number of anilines is 1. The lowest BCUT2D eigenvalue weighted by molar-refractivity contribution is -0.0794. The Morgan fingerprint density at radius 3 is 2.52 bits per heavy atom. The third-order valence-electron chi connectivity index (χ3n) is 4.09. The van der Waals surface area contributed by atoms with Gasteiger partial charge in [-0.15, -0.1) is 0 Å². The molecule has 0 aromatic carbocycles. The van der Waals surface area contributed by atoms with E-state index in [-0.39, 0.29) is 29.0 Å². The first-order valence-corrected chi connectivity index (χ1v) is 7.52. The fourth-order valence-electron chi connectivity index (χ4n) is 2.53. The summed E-state index contributed by atoms with van der Waals surface area (Å²) in [4.78, 5) is 27.8. The molecular formula is C14H20N2O4S. The molecule has 1 N–H and O–H groups in total. The predicted octanol–water partition coefficient (Wildman–Crippen LogP) is 2.36. The second-order valence-corrected chi connectivity index (χ2v) is 6.72. The summed E-state index contributed by atoms with van der Waals surface area (Å²) in [6, 6.07) is 0.193. The van der Waals surface area contributed by atoms with Crippen LogP contribution in [0.5, 0.6) is 0 Å². The molecule has 0 bridgehead atoms. The number of rotatable bonds is 5. The van der Waals surface area contributed by atoms with Gasteiger partial charge in [0.05, 0.1) is 13.2 Å². The Bertz CT molecular complexity index is 567. The Kier molecular flexibility index (Phi) is 4.34. The van der Waals surface area contributed by atoms with Gasteiger partial charge in [0.1, 0.15) is 4.88 Å². The third-order valence-corrected chi connectivity index (χ3v) is 5.17. The van der Waals surface area contributed by atoms with Crippen LogP contribution in [0.3, 0.4) is 0 Å². The molecule has 2 atom stereocenters. The van der Waals surface area contributed by atoms with Gasteiger partial charge in [-0.2, -0.15) is 0 Å². The van der Waals surface area contributed by atoms with Crippen LogP contribution in [-0.2, 0) is 9.47 Å². The van der Waals surface area contributed by atoms with Crippen LogP contribution >= 0.6 is 11.3 Å². The minimum absolute atomic E-state index is 0.0256. The zero-order chi connectivity index (χ0) is 15.8. The molecule has 6 nitrogen and oxygen atoms in total. The number of nitrogens with one attached hydrogen (secondary N) is 1. The van der Waals surface area contributed by atoms with Crippen molar-refractivity contribution in [2.75, 3.05) is 19.5 Å². The van der Waals surface area contributed by atoms with E-state index >= 15 is 0 Å². The highest BCUT2D eigenvalue weighted by Crippen LogP contribution is 2.44. The van der Waals surface area contributed by atoms with E-state index in [1.165, 1.54) is 25.4 Å². The van der Waals surface area contributed by atoms with Gasteiger partial charge in [-0.3, -0.25) is 4.79 Å². The van der Waals surface area contributed by atoms with Crippen LogP contribution in [0, 0.1) is 5.41 Å². The monoisotopic (exact) mass is 312 g/mol. The van der Waals surface area contributed by atoms with E-state index < -0.39 is 5.97 Å². The number of thiazole rings is 1. The summed E-state index contributed by atoms with van der Waals surface area (Å²) in [6.45, 7) is 5.64.